The quantitative estimate of drug-likeness (QED) is 0.239. The molecule has 234 valence electrons. The number of carbonyl (C=O) groups is 3. The van der Waals surface area contributed by atoms with Crippen molar-refractivity contribution in [1.29, 1.82) is 0 Å². The number of ether oxygens (including phenoxy) is 1. The lowest BCUT2D eigenvalue weighted by Crippen LogP contribution is -2.46. The van der Waals surface area contributed by atoms with E-state index >= 15 is 0 Å². The molecule has 2 N–H and O–H groups in total. The molecule has 4 aromatic rings. The SMILES string of the molecule is COC(=O)Nc1cnc(-c2ccccc2)n(CC(=O)N[C@@H](C(=O)c2nnc(C3(c4ccc(N(C)C)cc4)CC3)o2)C(C)C)c1=O. The van der Waals surface area contributed by atoms with E-state index in [1.54, 1.807) is 44.2 Å². The fraction of sp³-hybridized carbons (Fsp3) is 0.344. The van der Waals surface area contributed by atoms with Crippen LogP contribution in [0.3, 0.4) is 0 Å². The number of carbonyl (C=O) groups excluding carboxylic acids is 3. The lowest BCUT2D eigenvalue weighted by molar-refractivity contribution is -0.122. The van der Waals surface area contributed by atoms with Crippen LogP contribution >= 0.6 is 0 Å². The predicted molar refractivity (Wildman–Crippen MR) is 166 cm³/mol. The van der Waals surface area contributed by atoms with Crippen molar-refractivity contribution < 1.29 is 23.5 Å². The van der Waals surface area contributed by atoms with Crippen LogP contribution in [0, 0.1) is 5.92 Å². The normalized spacial score (nSPS) is 14.0. The van der Waals surface area contributed by atoms with Gasteiger partial charge in [0.2, 0.25) is 17.6 Å². The lowest BCUT2D eigenvalue weighted by atomic mass is 9.95. The van der Waals surface area contributed by atoms with Crippen LogP contribution in [0.15, 0.2) is 70.0 Å². The van der Waals surface area contributed by atoms with Gasteiger partial charge in [-0.1, -0.05) is 56.3 Å². The molecular formula is C32H35N7O6. The molecule has 0 aliphatic heterocycles. The first kappa shape index (κ1) is 31.1. The maximum Gasteiger partial charge on any atom is 0.411 e. The number of aromatic nitrogens is 4. The van der Waals surface area contributed by atoms with E-state index in [4.69, 9.17) is 4.42 Å². The number of nitrogens with one attached hydrogen (secondary N) is 2. The van der Waals surface area contributed by atoms with Gasteiger partial charge < -0.3 is 19.4 Å². The monoisotopic (exact) mass is 613 g/mol. The first-order valence-corrected chi connectivity index (χ1v) is 14.5. The molecule has 0 saturated heterocycles. The molecule has 13 nitrogen and oxygen atoms in total. The summed E-state index contributed by atoms with van der Waals surface area (Å²) in [6, 6.07) is 15.9. The lowest BCUT2D eigenvalue weighted by Gasteiger charge is -2.21. The standard InChI is InChI=1S/C32H35N7O6/c1-19(2)25(26(41)28-36-37-30(45-28)32(15-16-32)21-11-13-22(14-12-21)38(3)4)35-24(40)18-39-27(20-9-7-6-8-10-20)33-17-23(29(39)42)34-31(43)44-5/h6-14,17,19,25H,15-16,18H2,1-5H3,(H,34,43)(H,35,40)/t25-/m1/s1. The van der Waals surface area contributed by atoms with Crippen LogP contribution in [0.1, 0.15) is 48.8 Å². The van der Waals surface area contributed by atoms with Crippen LogP contribution in [-0.4, -0.2) is 64.8 Å². The van der Waals surface area contributed by atoms with Crippen molar-refractivity contribution in [2.45, 2.75) is 44.7 Å². The van der Waals surface area contributed by atoms with Gasteiger partial charge in [-0.15, -0.1) is 10.2 Å². The first-order valence-electron chi connectivity index (χ1n) is 14.5. The van der Waals surface area contributed by atoms with Crippen molar-refractivity contribution in [2.75, 3.05) is 31.4 Å². The van der Waals surface area contributed by atoms with Gasteiger partial charge in [0, 0.05) is 25.3 Å². The summed E-state index contributed by atoms with van der Waals surface area (Å²) in [6.45, 7) is 3.07. The van der Waals surface area contributed by atoms with Crippen molar-refractivity contribution in [3.63, 3.8) is 0 Å². The summed E-state index contributed by atoms with van der Waals surface area (Å²) in [5.74, 6) is -1.15. The van der Waals surface area contributed by atoms with Crippen molar-refractivity contribution in [2.24, 2.45) is 5.92 Å². The molecule has 1 aliphatic carbocycles. The molecule has 1 fully saturated rings. The molecule has 1 atom stereocenters. The number of Topliss-reactive ketones (excluding diaryl/α,β-unsaturated/α-hetero) is 1. The van der Waals surface area contributed by atoms with Gasteiger partial charge in [-0.3, -0.25) is 24.3 Å². The largest absolute Gasteiger partial charge is 0.453 e. The van der Waals surface area contributed by atoms with E-state index in [0.29, 0.717) is 11.5 Å². The number of hydrogen-bond donors (Lipinski definition) is 2. The summed E-state index contributed by atoms with van der Waals surface area (Å²) < 4.78 is 11.7. The number of rotatable bonds is 11. The van der Waals surface area contributed by atoms with Gasteiger partial charge in [0.05, 0.1) is 24.8 Å². The number of hydrogen-bond acceptors (Lipinski definition) is 10. The average molecular weight is 614 g/mol. The number of methoxy groups -OCH3 is 1. The molecule has 1 saturated carbocycles. The molecular weight excluding hydrogens is 578 g/mol. The Bertz CT molecular complexity index is 1760. The van der Waals surface area contributed by atoms with Crippen molar-refractivity contribution in [1.82, 2.24) is 25.1 Å². The third-order valence-electron chi connectivity index (χ3n) is 7.80. The second-order valence-electron chi connectivity index (χ2n) is 11.5. The maximum atomic E-state index is 13.6. The molecule has 13 heteroatoms. The Labute approximate surface area is 259 Å². The maximum absolute atomic E-state index is 13.6. The topological polar surface area (TPSA) is 162 Å². The molecule has 5 rings (SSSR count). The highest BCUT2D eigenvalue weighted by atomic mass is 16.5. The second-order valence-corrected chi connectivity index (χ2v) is 11.5. The highest BCUT2D eigenvalue weighted by molar-refractivity contribution is 5.98. The van der Waals surface area contributed by atoms with Crippen LogP contribution in [0.4, 0.5) is 16.2 Å². The van der Waals surface area contributed by atoms with Crippen LogP contribution in [0.2, 0.25) is 0 Å². The number of ketones is 1. The zero-order valence-corrected chi connectivity index (χ0v) is 25.7. The fourth-order valence-corrected chi connectivity index (χ4v) is 5.08. The summed E-state index contributed by atoms with van der Waals surface area (Å²) in [4.78, 5) is 58.5. The van der Waals surface area contributed by atoms with Gasteiger partial charge in [-0.25, -0.2) is 9.78 Å². The first-order chi connectivity index (χ1) is 21.5. The van der Waals surface area contributed by atoms with Gasteiger partial charge in [0.1, 0.15) is 18.1 Å². The Hall–Kier alpha value is -5.33. The second kappa shape index (κ2) is 12.7. The molecule has 0 unspecified atom stereocenters. The van der Waals surface area contributed by atoms with E-state index in [-0.39, 0.29) is 23.3 Å². The highest BCUT2D eigenvalue weighted by Crippen LogP contribution is 2.53. The molecule has 2 aromatic carbocycles. The summed E-state index contributed by atoms with van der Waals surface area (Å²) in [6.07, 6.45) is 1.96. The summed E-state index contributed by atoms with van der Waals surface area (Å²) in [5, 5.41) is 13.3. The molecule has 0 spiro atoms. The minimum Gasteiger partial charge on any atom is -0.453 e. The Morgan fingerprint density at radius 2 is 1.73 bits per heavy atom. The van der Waals surface area contributed by atoms with E-state index in [1.807, 2.05) is 43.3 Å². The van der Waals surface area contributed by atoms with Crippen LogP contribution in [-0.2, 0) is 21.5 Å². The molecule has 0 bridgehead atoms. The Morgan fingerprint density at radius 1 is 1.04 bits per heavy atom. The number of nitrogens with zero attached hydrogens (tertiary/aromatic N) is 5. The van der Waals surface area contributed by atoms with Gasteiger partial charge in [-0.05, 0) is 36.5 Å². The third kappa shape index (κ3) is 6.47. The zero-order valence-electron chi connectivity index (χ0n) is 25.7. The molecule has 2 aromatic heterocycles. The highest BCUT2D eigenvalue weighted by Gasteiger charge is 2.51. The average Bonchev–Trinajstić information content (AvgIpc) is 3.70. The van der Waals surface area contributed by atoms with E-state index in [1.165, 1.54) is 6.20 Å². The van der Waals surface area contributed by atoms with Crippen LogP contribution < -0.4 is 21.1 Å². The van der Waals surface area contributed by atoms with Crippen molar-refractivity contribution >= 4 is 29.2 Å². The van der Waals surface area contributed by atoms with Crippen LogP contribution in [0.25, 0.3) is 11.4 Å². The minimum absolute atomic E-state index is 0.172. The van der Waals surface area contributed by atoms with Gasteiger partial charge in [0.15, 0.2) is 0 Å². The Morgan fingerprint density at radius 3 is 2.33 bits per heavy atom. The number of benzene rings is 2. The predicted octanol–water partition coefficient (Wildman–Crippen LogP) is 3.64. The van der Waals surface area contributed by atoms with Gasteiger partial charge in [0.25, 0.3) is 11.4 Å². The Kier molecular flexibility index (Phi) is 8.80. The van der Waals surface area contributed by atoms with E-state index in [9.17, 15) is 19.2 Å². The van der Waals surface area contributed by atoms with Crippen LogP contribution in [0.5, 0.6) is 0 Å². The molecule has 0 radical (unpaired) electrons. The molecule has 1 aliphatic rings. The molecule has 2 heterocycles. The van der Waals surface area contributed by atoms with E-state index in [2.05, 4.69) is 30.6 Å². The zero-order chi connectivity index (χ0) is 32.3. The van der Waals surface area contributed by atoms with Crippen molar-refractivity contribution in [3.8, 4) is 11.4 Å². The third-order valence-corrected chi connectivity index (χ3v) is 7.80. The number of amides is 2. The summed E-state index contributed by atoms with van der Waals surface area (Å²) in [7, 11) is 5.10. The van der Waals surface area contributed by atoms with Gasteiger partial charge in [-0.2, -0.15) is 0 Å². The Balaban J connectivity index is 1.37. The fourth-order valence-electron chi connectivity index (χ4n) is 5.08. The van der Waals surface area contributed by atoms with Gasteiger partial charge >= 0.3 is 6.09 Å². The smallest absolute Gasteiger partial charge is 0.411 e. The minimum atomic E-state index is -1.01. The van der Waals surface area contributed by atoms with Crippen molar-refractivity contribution in [3.05, 3.63) is 88.5 Å². The summed E-state index contributed by atoms with van der Waals surface area (Å²) >= 11 is 0. The number of anilines is 2. The molecule has 45 heavy (non-hydrogen) atoms. The molecule has 2 amide bonds. The van der Waals surface area contributed by atoms with E-state index in [0.717, 1.165) is 35.8 Å². The summed E-state index contributed by atoms with van der Waals surface area (Å²) in [5.41, 5.74) is 1.38. The van der Waals surface area contributed by atoms with E-state index < -0.39 is 41.3 Å².